The maximum absolute atomic E-state index is 13.1. The second-order valence-electron chi connectivity index (χ2n) is 6.31. The zero-order valence-electron chi connectivity index (χ0n) is 16.0. The van der Waals surface area contributed by atoms with Crippen molar-refractivity contribution in [2.24, 2.45) is 5.92 Å². The average Bonchev–Trinajstić information content (AvgIpc) is 3.24. The molecule has 0 saturated heterocycles. The Hall–Kier alpha value is -3.07. The Balaban J connectivity index is 1.96. The first-order valence-electron chi connectivity index (χ1n) is 8.98. The van der Waals surface area contributed by atoms with Crippen LogP contribution in [-0.2, 0) is 24.3 Å². The van der Waals surface area contributed by atoms with Crippen LogP contribution in [0.1, 0.15) is 25.0 Å². The summed E-state index contributed by atoms with van der Waals surface area (Å²) < 4.78 is 42.1. The van der Waals surface area contributed by atoms with Crippen molar-refractivity contribution in [3.8, 4) is 5.75 Å². The van der Waals surface area contributed by atoms with Crippen molar-refractivity contribution < 1.29 is 31.9 Å². The number of allylic oxidation sites excluding steroid dienone is 1. The van der Waals surface area contributed by atoms with Crippen LogP contribution in [-0.4, -0.2) is 38.3 Å². The SMILES string of the molecule is CCOC(=O)C[C@@H]1C(=O)N(S(=O)(=O)c2ccc(OC)cc2)C=C[C@@H]1c1ccco1. The van der Waals surface area contributed by atoms with Gasteiger partial charge >= 0.3 is 5.97 Å². The van der Waals surface area contributed by atoms with Gasteiger partial charge in [-0.05, 0) is 43.3 Å². The van der Waals surface area contributed by atoms with Crippen LogP contribution in [0.5, 0.6) is 5.75 Å². The Morgan fingerprint density at radius 3 is 2.52 bits per heavy atom. The third kappa shape index (κ3) is 4.19. The third-order valence-electron chi connectivity index (χ3n) is 4.58. The van der Waals surface area contributed by atoms with E-state index in [0.29, 0.717) is 15.8 Å². The van der Waals surface area contributed by atoms with Crippen LogP contribution >= 0.6 is 0 Å². The number of esters is 1. The number of hydrogen-bond donors (Lipinski definition) is 0. The second kappa shape index (κ2) is 8.52. The number of amides is 1. The molecule has 0 bridgehead atoms. The van der Waals surface area contributed by atoms with Crippen LogP contribution in [0.15, 0.2) is 64.2 Å². The van der Waals surface area contributed by atoms with E-state index in [-0.39, 0.29) is 17.9 Å². The molecule has 0 spiro atoms. The number of carbonyl (C=O) groups excluding carboxylic acids is 2. The predicted octanol–water partition coefficient (Wildman–Crippen LogP) is 2.69. The van der Waals surface area contributed by atoms with Gasteiger partial charge in [-0.3, -0.25) is 9.59 Å². The van der Waals surface area contributed by atoms with E-state index in [1.807, 2.05) is 0 Å². The van der Waals surface area contributed by atoms with Crippen molar-refractivity contribution in [2.75, 3.05) is 13.7 Å². The minimum absolute atomic E-state index is 0.0670. The molecule has 0 unspecified atom stereocenters. The molecule has 0 radical (unpaired) electrons. The topological polar surface area (TPSA) is 103 Å². The molecule has 1 aromatic carbocycles. The number of ether oxygens (including phenoxy) is 2. The van der Waals surface area contributed by atoms with Gasteiger partial charge in [0.05, 0.1) is 37.2 Å². The molecule has 0 saturated carbocycles. The highest BCUT2D eigenvalue weighted by atomic mass is 32.2. The number of methoxy groups -OCH3 is 1. The zero-order valence-corrected chi connectivity index (χ0v) is 16.8. The minimum Gasteiger partial charge on any atom is -0.497 e. The minimum atomic E-state index is -4.15. The first-order valence-corrected chi connectivity index (χ1v) is 10.4. The molecule has 0 aliphatic carbocycles. The van der Waals surface area contributed by atoms with E-state index in [2.05, 4.69) is 0 Å². The molecule has 2 atom stereocenters. The number of furan rings is 1. The van der Waals surface area contributed by atoms with Crippen LogP contribution in [0.25, 0.3) is 0 Å². The van der Waals surface area contributed by atoms with Gasteiger partial charge in [-0.25, -0.2) is 12.7 Å². The Labute approximate surface area is 168 Å². The molecule has 2 aromatic rings. The summed E-state index contributed by atoms with van der Waals surface area (Å²) in [6.07, 6.45) is 3.94. The fourth-order valence-electron chi connectivity index (χ4n) is 3.14. The van der Waals surface area contributed by atoms with Gasteiger partial charge < -0.3 is 13.9 Å². The van der Waals surface area contributed by atoms with Crippen LogP contribution in [0.4, 0.5) is 0 Å². The zero-order chi connectivity index (χ0) is 21.0. The number of rotatable bonds is 7. The van der Waals surface area contributed by atoms with E-state index < -0.39 is 33.7 Å². The van der Waals surface area contributed by atoms with Gasteiger partial charge in [0.1, 0.15) is 11.5 Å². The van der Waals surface area contributed by atoms with Gasteiger partial charge in [0.2, 0.25) is 5.91 Å². The number of sulfonamides is 1. The highest BCUT2D eigenvalue weighted by Crippen LogP contribution is 2.36. The Bertz CT molecular complexity index is 994. The second-order valence-corrected chi connectivity index (χ2v) is 8.13. The van der Waals surface area contributed by atoms with Crippen LogP contribution in [0.2, 0.25) is 0 Å². The predicted molar refractivity (Wildman–Crippen MR) is 102 cm³/mol. The van der Waals surface area contributed by atoms with E-state index in [9.17, 15) is 18.0 Å². The van der Waals surface area contributed by atoms with E-state index in [1.165, 1.54) is 43.8 Å². The first-order chi connectivity index (χ1) is 13.9. The molecule has 3 rings (SSSR count). The van der Waals surface area contributed by atoms with Crippen molar-refractivity contribution in [1.29, 1.82) is 0 Å². The fraction of sp³-hybridized carbons (Fsp3) is 0.300. The molecule has 0 N–H and O–H groups in total. The number of hydrogen-bond acceptors (Lipinski definition) is 7. The Morgan fingerprint density at radius 2 is 1.93 bits per heavy atom. The molecular weight excluding hydrogens is 398 g/mol. The summed E-state index contributed by atoms with van der Waals surface area (Å²) in [5, 5.41) is 0. The monoisotopic (exact) mass is 419 g/mol. The normalized spacial score (nSPS) is 19.2. The largest absolute Gasteiger partial charge is 0.497 e. The van der Waals surface area contributed by atoms with Crippen LogP contribution < -0.4 is 4.74 Å². The molecule has 9 heteroatoms. The van der Waals surface area contributed by atoms with Gasteiger partial charge in [0.15, 0.2) is 0 Å². The molecule has 8 nitrogen and oxygen atoms in total. The summed E-state index contributed by atoms with van der Waals surface area (Å²) in [4.78, 5) is 25.1. The highest BCUT2D eigenvalue weighted by Gasteiger charge is 2.42. The van der Waals surface area contributed by atoms with Gasteiger partial charge in [-0.15, -0.1) is 0 Å². The van der Waals surface area contributed by atoms with Crippen LogP contribution in [0, 0.1) is 5.92 Å². The van der Waals surface area contributed by atoms with E-state index in [1.54, 1.807) is 25.1 Å². The summed E-state index contributed by atoms with van der Waals surface area (Å²) >= 11 is 0. The smallest absolute Gasteiger partial charge is 0.306 e. The highest BCUT2D eigenvalue weighted by molar-refractivity contribution is 7.89. The van der Waals surface area contributed by atoms with Gasteiger partial charge in [-0.2, -0.15) is 0 Å². The van der Waals surface area contributed by atoms with Crippen molar-refractivity contribution in [1.82, 2.24) is 4.31 Å². The standard InChI is InChI=1S/C20H21NO7S/c1-3-27-19(22)13-17-16(18-5-4-12-28-18)10-11-21(20(17)23)29(24,25)15-8-6-14(26-2)7-9-15/h4-12,16-17H,3,13H2,1-2H3/t16-,17-/m0/s1. The Morgan fingerprint density at radius 1 is 1.21 bits per heavy atom. The summed E-state index contributed by atoms with van der Waals surface area (Å²) in [6.45, 7) is 1.82. The fourth-order valence-corrected chi connectivity index (χ4v) is 4.45. The molecule has 1 aliphatic rings. The molecule has 2 heterocycles. The molecular formula is C20H21NO7S. The first kappa shape index (κ1) is 20.7. The lowest BCUT2D eigenvalue weighted by Crippen LogP contribution is -2.42. The van der Waals surface area contributed by atoms with E-state index in [4.69, 9.17) is 13.9 Å². The lowest BCUT2D eigenvalue weighted by atomic mass is 9.85. The third-order valence-corrected chi connectivity index (χ3v) is 6.26. The molecule has 1 amide bonds. The average molecular weight is 419 g/mol. The van der Waals surface area contributed by atoms with Gasteiger partial charge in [0.25, 0.3) is 10.0 Å². The quantitative estimate of drug-likeness (QED) is 0.636. The summed E-state index contributed by atoms with van der Waals surface area (Å²) in [7, 11) is -2.68. The summed E-state index contributed by atoms with van der Waals surface area (Å²) in [6, 6.07) is 9.03. The van der Waals surface area contributed by atoms with Crippen molar-refractivity contribution in [2.45, 2.75) is 24.2 Å². The van der Waals surface area contributed by atoms with Crippen molar-refractivity contribution in [3.05, 3.63) is 60.7 Å². The number of carbonyl (C=O) groups is 2. The van der Waals surface area contributed by atoms with Crippen molar-refractivity contribution >= 4 is 21.9 Å². The van der Waals surface area contributed by atoms with E-state index in [0.717, 1.165) is 0 Å². The van der Waals surface area contributed by atoms with Gasteiger partial charge in [0, 0.05) is 12.1 Å². The maximum atomic E-state index is 13.1. The maximum Gasteiger partial charge on any atom is 0.306 e. The lowest BCUT2D eigenvalue weighted by molar-refractivity contribution is -0.147. The van der Waals surface area contributed by atoms with Gasteiger partial charge in [-0.1, -0.05) is 6.08 Å². The van der Waals surface area contributed by atoms with E-state index >= 15 is 0 Å². The lowest BCUT2D eigenvalue weighted by Gasteiger charge is -2.31. The number of nitrogens with zero attached hydrogens (tertiary/aromatic N) is 1. The summed E-state index contributed by atoms with van der Waals surface area (Å²) in [5.41, 5.74) is 0. The van der Waals surface area contributed by atoms with Crippen LogP contribution in [0.3, 0.4) is 0 Å². The summed E-state index contributed by atoms with van der Waals surface area (Å²) in [5.74, 6) is -1.91. The molecule has 154 valence electrons. The van der Waals surface area contributed by atoms with Crippen molar-refractivity contribution in [3.63, 3.8) is 0 Å². The molecule has 1 aliphatic heterocycles. The molecule has 29 heavy (non-hydrogen) atoms. The molecule has 1 aromatic heterocycles. The molecule has 0 fully saturated rings. The Kier molecular flexibility index (Phi) is 6.07. The number of benzene rings is 1.